The smallest absolute Gasteiger partial charge is 0.299 e. The second-order valence-corrected chi connectivity index (χ2v) is 4.26. The molecule has 0 radical (unpaired) electrons. The van der Waals surface area contributed by atoms with Crippen LogP contribution in [0.25, 0.3) is 0 Å². The van der Waals surface area contributed by atoms with Crippen molar-refractivity contribution in [3.05, 3.63) is 0 Å². The standard InChI is InChI=1S/C9H17BrF3NO/c1-8(2)14(5-3-4-10)6-7-15-9(11,12)13/h8H,3-7H2,1-2H3. The second kappa shape index (κ2) is 7.46. The van der Waals surface area contributed by atoms with Gasteiger partial charge in [-0.25, -0.2) is 0 Å². The molecular formula is C9H17BrF3NO. The Labute approximate surface area is 96.9 Å². The van der Waals surface area contributed by atoms with Gasteiger partial charge < -0.3 is 0 Å². The molecule has 0 unspecified atom stereocenters. The van der Waals surface area contributed by atoms with Crippen LogP contribution in [0.4, 0.5) is 13.2 Å². The van der Waals surface area contributed by atoms with E-state index in [2.05, 4.69) is 20.7 Å². The minimum absolute atomic E-state index is 0.237. The maximum absolute atomic E-state index is 11.7. The maximum atomic E-state index is 11.7. The number of hydrogen-bond donors (Lipinski definition) is 0. The lowest BCUT2D eigenvalue weighted by Crippen LogP contribution is -2.36. The zero-order valence-electron chi connectivity index (χ0n) is 8.98. The fourth-order valence-electron chi connectivity index (χ4n) is 1.17. The molecular weight excluding hydrogens is 275 g/mol. The van der Waals surface area contributed by atoms with Crippen molar-refractivity contribution >= 4 is 15.9 Å². The molecule has 0 N–H and O–H groups in total. The summed E-state index contributed by atoms with van der Waals surface area (Å²) in [4.78, 5) is 1.97. The number of hydrogen-bond acceptors (Lipinski definition) is 2. The van der Waals surface area contributed by atoms with Gasteiger partial charge in [0, 0.05) is 17.9 Å². The summed E-state index contributed by atoms with van der Waals surface area (Å²) < 4.78 is 38.9. The fraction of sp³-hybridized carbons (Fsp3) is 1.00. The van der Waals surface area contributed by atoms with Crippen molar-refractivity contribution in [3.63, 3.8) is 0 Å². The number of nitrogens with zero attached hydrogens (tertiary/aromatic N) is 1. The van der Waals surface area contributed by atoms with Gasteiger partial charge in [0.25, 0.3) is 0 Å². The molecule has 0 fully saturated rings. The molecule has 2 nitrogen and oxygen atoms in total. The SMILES string of the molecule is CC(C)N(CCCBr)CCOC(F)(F)F. The summed E-state index contributed by atoms with van der Waals surface area (Å²) in [6, 6.07) is 0.237. The first kappa shape index (κ1) is 15.2. The van der Waals surface area contributed by atoms with Crippen LogP contribution in [0.1, 0.15) is 20.3 Å². The van der Waals surface area contributed by atoms with Crippen LogP contribution in [-0.2, 0) is 4.74 Å². The highest BCUT2D eigenvalue weighted by Gasteiger charge is 2.29. The Morgan fingerprint density at radius 2 is 1.87 bits per heavy atom. The normalized spacial score (nSPS) is 12.8. The minimum Gasteiger partial charge on any atom is -0.299 e. The summed E-state index contributed by atoms with van der Waals surface area (Å²) >= 11 is 3.29. The average Bonchev–Trinajstić information content (AvgIpc) is 2.08. The largest absolute Gasteiger partial charge is 0.522 e. The van der Waals surface area contributed by atoms with Gasteiger partial charge in [0.05, 0.1) is 6.61 Å². The van der Waals surface area contributed by atoms with Gasteiger partial charge in [0.1, 0.15) is 0 Å². The Balaban J connectivity index is 3.76. The predicted molar refractivity (Wildman–Crippen MR) is 57.1 cm³/mol. The molecule has 0 rings (SSSR count). The molecule has 0 aromatic rings. The van der Waals surface area contributed by atoms with Crippen molar-refractivity contribution in [2.24, 2.45) is 0 Å². The van der Waals surface area contributed by atoms with E-state index in [0.29, 0.717) is 6.54 Å². The molecule has 0 aliphatic heterocycles. The van der Waals surface area contributed by atoms with Crippen LogP contribution >= 0.6 is 15.9 Å². The molecule has 0 aliphatic carbocycles. The maximum Gasteiger partial charge on any atom is 0.522 e. The Kier molecular flexibility index (Phi) is 7.56. The molecule has 0 aromatic heterocycles. The van der Waals surface area contributed by atoms with Crippen LogP contribution in [0.15, 0.2) is 0 Å². The first-order chi connectivity index (χ1) is 6.87. The summed E-state index contributed by atoms with van der Waals surface area (Å²) in [5.74, 6) is 0. The van der Waals surface area contributed by atoms with Gasteiger partial charge in [-0.05, 0) is 26.8 Å². The lowest BCUT2D eigenvalue weighted by molar-refractivity contribution is -0.325. The van der Waals surface area contributed by atoms with Crippen molar-refractivity contribution < 1.29 is 17.9 Å². The Morgan fingerprint density at radius 1 is 1.27 bits per heavy atom. The third kappa shape index (κ3) is 9.14. The first-order valence-electron chi connectivity index (χ1n) is 4.87. The first-order valence-corrected chi connectivity index (χ1v) is 5.99. The zero-order chi connectivity index (χ0) is 11.9. The summed E-state index contributed by atoms with van der Waals surface area (Å²) in [7, 11) is 0. The third-order valence-electron chi connectivity index (χ3n) is 1.95. The molecule has 0 bridgehead atoms. The molecule has 0 heterocycles. The van der Waals surface area contributed by atoms with Crippen molar-refractivity contribution in [3.8, 4) is 0 Å². The average molecular weight is 292 g/mol. The van der Waals surface area contributed by atoms with E-state index in [0.717, 1.165) is 18.3 Å². The molecule has 15 heavy (non-hydrogen) atoms. The highest BCUT2D eigenvalue weighted by Crippen LogP contribution is 2.15. The van der Waals surface area contributed by atoms with Crippen LogP contribution in [0.3, 0.4) is 0 Å². The van der Waals surface area contributed by atoms with E-state index in [4.69, 9.17) is 0 Å². The van der Waals surface area contributed by atoms with E-state index in [9.17, 15) is 13.2 Å². The molecule has 6 heteroatoms. The summed E-state index contributed by atoms with van der Waals surface area (Å²) in [6.07, 6.45) is -3.59. The molecule has 92 valence electrons. The predicted octanol–water partition coefficient (Wildman–Crippen LogP) is 3.02. The van der Waals surface area contributed by atoms with Crippen molar-refractivity contribution in [1.29, 1.82) is 0 Å². The zero-order valence-corrected chi connectivity index (χ0v) is 10.6. The number of rotatable bonds is 7. The van der Waals surface area contributed by atoms with Gasteiger partial charge >= 0.3 is 6.36 Å². The number of halogens is 4. The molecule has 0 aromatic carbocycles. The van der Waals surface area contributed by atoms with Crippen LogP contribution < -0.4 is 0 Å². The van der Waals surface area contributed by atoms with Gasteiger partial charge in [-0.3, -0.25) is 9.64 Å². The second-order valence-electron chi connectivity index (χ2n) is 3.47. The van der Waals surface area contributed by atoms with E-state index in [1.165, 1.54) is 0 Å². The van der Waals surface area contributed by atoms with Crippen LogP contribution in [-0.4, -0.2) is 42.3 Å². The fourth-order valence-corrected chi connectivity index (χ4v) is 1.42. The van der Waals surface area contributed by atoms with Crippen molar-refractivity contribution in [1.82, 2.24) is 4.90 Å². The molecule has 0 saturated carbocycles. The van der Waals surface area contributed by atoms with Gasteiger partial charge in [-0.2, -0.15) is 0 Å². The van der Waals surface area contributed by atoms with E-state index in [1.54, 1.807) is 0 Å². The minimum atomic E-state index is -4.52. The monoisotopic (exact) mass is 291 g/mol. The number of alkyl halides is 4. The van der Waals surface area contributed by atoms with Gasteiger partial charge in [-0.15, -0.1) is 13.2 Å². The van der Waals surface area contributed by atoms with Gasteiger partial charge in [-0.1, -0.05) is 15.9 Å². The molecule has 0 atom stereocenters. The van der Waals surface area contributed by atoms with Crippen LogP contribution in [0.5, 0.6) is 0 Å². The molecule has 0 spiro atoms. The molecule has 0 aliphatic rings. The topological polar surface area (TPSA) is 12.5 Å². The number of ether oxygens (including phenoxy) is 1. The molecule has 0 saturated heterocycles. The summed E-state index contributed by atoms with van der Waals surface area (Å²) in [5.41, 5.74) is 0. The van der Waals surface area contributed by atoms with E-state index in [1.807, 2.05) is 18.7 Å². The van der Waals surface area contributed by atoms with Crippen LogP contribution in [0, 0.1) is 0 Å². The third-order valence-corrected chi connectivity index (χ3v) is 2.51. The van der Waals surface area contributed by atoms with Crippen molar-refractivity contribution in [2.45, 2.75) is 32.7 Å². The van der Waals surface area contributed by atoms with E-state index >= 15 is 0 Å². The van der Waals surface area contributed by atoms with Gasteiger partial charge in [0.2, 0.25) is 0 Å². The van der Waals surface area contributed by atoms with Crippen molar-refractivity contribution in [2.75, 3.05) is 25.0 Å². The highest BCUT2D eigenvalue weighted by atomic mass is 79.9. The summed E-state index contributed by atoms with van der Waals surface area (Å²) in [5, 5.41) is 0.857. The van der Waals surface area contributed by atoms with E-state index < -0.39 is 6.36 Å². The Morgan fingerprint density at radius 3 is 2.27 bits per heavy atom. The lowest BCUT2D eigenvalue weighted by Gasteiger charge is -2.26. The Hall–Kier alpha value is 0.190. The Bertz CT molecular complexity index is 164. The van der Waals surface area contributed by atoms with E-state index in [-0.39, 0.29) is 12.6 Å². The summed E-state index contributed by atoms with van der Waals surface area (Å²) in [6.45, 7) is 4.71. The molecule has 0 amide bonds. The van der Waals surface area contributed by atoms with Gasteiger partial charge in [0.15, 0.2) is 0 Å². The quantitative estimate of drug-likeness (QED) is 0.669. The lowest BCUT2D eigenvalue weighted by atomic mass is 10.3. The van der Waals surface area contributed by atoms with Crippen LogP contribution in [0.2, 0.25) is 0 Å². The highest BCUT2D eigenvalue weighted by molar-refractivity contribution is 9.09.